The van der Waals surface area contributed by atoms with Crippen LogP contribution in [0.3, 0.4) is 0 Å². The van der Waals surface area contributed by atoms with E-state index < -0.39 is 6.04 Å². The van der Waals surface area contributed by atoms with Gasteiger partial charge >= 0.3 is 0 Å². The Morgan fingerprint density at radius 3 is 2.62 bits per heavy atom. The fourth-order valence-corrected chi connectivity index (χ4v) is 2.80. The highest BCUT2D eigenvalue weighted by molar-refractivity contribution is 6.03. The molecule has 6 nitrogen and oxygen atoms in total. The number of carbonyl (C=O) groups is 3. The average Bonchev–Trinajstić information content (AvgIpc) is 2.70. The third-order valence-electron chi connectivity index (χ3n) is 4.07. The van der Waals surface area contributed by atoms with Crippen LogP contribution in [0.2, 0.25) is 0 Å². The lowest BCUT2D eigenvalue weighted by Gasteiger charge is -2.30. The molecule has 6 heteroatoms. The van der Waals surface area contributed by atoms with E-state index in [1.54, 1.807) is 11.8 Å². The second-order valence-corrected chi connectivity index (χ2v) is 5.45. The number of piperazine rings is 1. The van der Waals surface area contributed by atoms with Crippen LogP contribution in [0.1, 0.15) is 35.6 Å². The molecular weight excluding hydrogens is 270 g/mol. The van der Waals surface area contributed by atoms with Gasteiger partial charge in [0.05, 0.1) is 19.1 Å². The zero-order valence-corrected chi connectivity index (χ0v) is 12.9. The van der Waals surface area contributed by atoms with Crippen molar-refractivity contribution in [2.45, 2.75) is 40.3 Å². The molecule has 21 heavy (non-hydrogen) atoms. The monoisotopic (exact) mass is 291 g/mol. The number of Topliss-reactive ketones (excluding diaryl/α,β-unsaturated/α-hetero) is 1. The maximum Gasteiger partial charge on any atom is 0.243 e. The Kier molecular flexibility index (Phi) is 4.27. The maximum atomic E-state index is 12.5. The summed E-state index contributed by atoms with van der Waals surface area (Å²) < 4.78 is 2.07. The van der Waals surface area contributed by atoms with E-state index in [0.717, 1.165) is 17.9 Å². The molecule has 0 radical (unpaired) electrons. The number of nitrogens with one attached hydrogen (secondary N) is 1. The van der Waals surface area contributed by atoms with Gasteiger partial charge < -0.3 is 4.57 Å². The van der Waals surface area contributed by atoms with Gasteiger partial charge in [-0.25, -0.2) is 0 Å². The van der Waals surface area contributed by atoms with Crippen LogP contribution in [0.5, 0.6) is 0 Å². The molecule has 2 rings (SSSR count). The minimum Gasteiger partial charge on any atom is -0.349 e. The lowest BCUT2D eigenvalue weighted by Crippen LogP contribution is -2.57. The third-order valence-corrected chi connectivity index (χ3v) is 4.07. The van der Waals surface area contributed by atoms with Crippen molar-refractivity contribution in [2.75, 3.05) is 13.1 Å². The summed E-state index contributed by atoms with van der Waals surface area (Å²) in [6, 6.07) is 1.40. The van der Waals surface area contributed by atoms with E-state index in [0.29, 0.717) is 5.56 Å². The molecule has 114 valence electrons. The maximum absolute atomic E-state index is 12.5. The number of hydrogen-bond acceptors (Lipinski definition) is 4. The number of aryl methyl sites for hydroxylation is 1. The van der Waals surface area contributed by atoms with E-state index in [2.05, 4.69) is 9.88 Å². The smallest absolute Gasteiger partial charge is 0.243 e. The van der Waals surface area contributed by atoms with E-state index >= 15 is 0 Å². The van der Waals surface area contributed by atoms with E-state index in [-0.39, 0.29) is 30.7 Å². The van der Waals surface area contributed by atoms with Crippen LogP contribution in [0.4, 0.5) is 0 Å². The highest BCUT2D eigenvalue weighted by Gasteiger charge is 2.32. The topological polar surface area (TPSA) is 71.4 Å². The van der Waals surface area contributed by atoms with Crippen molar-refractivity contribution in [2.24, 2.45) is 0 Å². The molecule has 0 saturated carbocycles. The van der Waals surface area contributed by atoms with Crippen molar-refractivity contribution in [3.8, 4) is 0 Å². The molecule has 2 amide bonds. The van der Waals surface area contributed by atoms with Crippen molar-refractivity contribution < 1.29 is 14.4 Å². The van der Waals surface area contributed by atoms with Crippen LogP contribution in [-0.4, -0.2) is 46.2 Å². The van der Waals surface area contributed by atoms with Gasteiger partial charge in [0, 0.05) is 23.5 Å². The van der Waals surface area contributed by atoms with Gasteiger partial charge in [0.25, 0.3) is 0 Å². The molecule has 1 unspecified atom stereocenters. The molecular formula is C15H21N3O3. The molecule has 2 heterocycles. The van der Waals surface area contributed by atoms with Crippen LogP contribution >= 0.6 is 0 Å². The van der Waals surface area contributed by atoms with Crippen molar-refractivity contribution >= 4 is 17.6 Å². The first-order valence-electron chi connectivity index (χ1n) is 7.12. The summed E-state index contributed by atoms with van der Waals surface area (Å²) >= 11 is 0. The van der Waals surface area contributed by atoms with Crippen LogP contribution in [0.15, 0.2) is 6.07 Å². The summed E-state index contributed by atoms with van der Waals surface area (Å²) in [5.41, 5.74) is 2.64. The summed E-state index contributed by atoms with van der Waals surface area (Å²) in [4.78, 5) is 37.1. The van der Waals surface area contributed by atoms with Crippen LogP contribution in [-0.2, 0) is 16.1 Å². The molecule has 0 spiro atoms. The van der Waals surface area contributed by atoms with Gasteiger partial charge in [0.2, 0.25) is 11.8 Å². The van der Waals surface area contributed by atoms with E-state index in [4.69, 9.17) is 0 Å². The standard InChI is InChI=1S/C15H21N3O3/c1-5-18-9(2)6-12(10(18)3)13(19)7-17-8-14(20)16-15(21)11(17)4/h6,11H,5,7-8H2,1-4H3,(H,16,20,21). The molecule has 1 fully saturated rings. The van der Waals surface area contributed by atoms with E-state index in [9.17, 15) is 14.4 Å². The fraction of sp³-hybridized carbons (Fsp3) is 0.533. The third kappa shape index (κ3) is 2.90. The summed E-state index contributed by atoms with van der Waals surface area (Å²) in [7, 11) is 0. The van der Waals surface area contributed by atoms with Crippen LogP contribution in [0.25, 0.3) is 0 Å². The Hall–Kier alpha value is -1.95. The fourth-order valence-electron chi connectivity index (χ4n) is 2.80. The molecule has 1 aliphatic heterocycles. The number of ketones is 1. The number of rotatable bonds is 4. The molecule has 1 aliphatic rings. The quantitative estimate of drug-likeness (QED) is 0.653. The molecule has 1 aromatic heterocycles. The van der Waals surface area contributed by atoms with Gasteiger partial charge in [-0.1, -0.05) is 0 Å². The summed E-state index contributed by atoms with van der Waals surface area (Å²) in [5.74, 6) is -0.764. The predicted molar refractivity (Wildman–Crippen MR) is 78.1 cm³/mol. The number of imide groups is 1. The van der Waals surface area contributed by atoms with Gasteiger partial charge in [0.15, 0.2) is 5.78 Å². The Bertz CT molecular complexity index is 604. The Labute approximate surface area is 124 Å². The van der Waals surface area contributed by atoms with Gasteiger partial charge in [0.1, 0.15) is 0 Å². The van der Waals surface area contributed by atoms with Crippen molar-refractivity contribution in [3.05, 3.63) is 23.0 Å². The molecule has 0 bridgehead atoms. The number of nitrogens with zero attached hydrogens (tertiary/aromatic N) is 2. The SMILES string of the molecule is CCn1c(C)cc(C(=O)CN2CC(=O)NC(=O)C2C)c1C. The van der Waals surface area contributed by atoms with Gasteiger partial charge in [-0.3, -0.25) is 24.6 Å². The molecule has 1 N–H and O–H groups in total. The Morgan fingerprint density at radius 2 is 2.05 bits per heavy atom. The Balaban J connectivity index is 2.18. The van der Waals surface area contributed by atoms with Gasteiger partial charge in [-0.15, -0.1) is 0 Å². The van der Waals surface area contributed by atoms with E-state index in [1.807, 2.05) is 26.8 Å². The van der Waals surface area contributed by atoms with Crippen LogP contribution < -0.4 is 5.32 Å². The summed E-state index contributed by atoms with van der Waals surface area (Å²) in [5, 5.41) is 2.27. The van der Waals surface area contributed by atoms with Gasteiger partial charge in [-0.2, -0.15) is 0 Å². The first kappa shape index (κ1) is 15.4. The van der Waals surface area contributed by atoms with Crippen molar-refractivity contribution in [3.63, 3.8) is 0 Å². The van der Waals surface area contributed by atoms with Crippen molar-refractivity contribution in [1.82, 2.24) is 14.8 Å². The number of aromatic nitrogens is 1. The lowest BCUT2D eigenvalue weighted by atomic mass is 10.1. The Morgan fingerprint density at radius 1 is 1.38 bits per heavy atom. The predicted octanol–water partition coefficient (Wildman–Crippen LogP) is 0.654. The zero-order valence-electron chi connectivity index (χ0n) is 12.9. The van der Waals surface area contributed by atoms with Crippen molar-refractivity contribution in [1.29, 1.82) is 0 Å². The van der Waals surface area contributed by atoms with Gasteiger partial charge in [-0.05, 0) is 33.8 Å². The summed E-state index contributed by atoms with van der Waals surface area (Å²) in [6.45, 7) is 8.58. The highest BCUT2D eigenvalue weighted by atomic mass is 16.2. The first-order chi connectivity index (χ1) is 9.85. The number of carbonyl (C=O) groups excluding carboxylic acids is 3. The number of hydrogen-bond donors (Lipinski definition) is 1. The molecule has 1 saturated heterocycles. The zero-order chi connectivity index (χ0) is 15.7. The molecule has 1 atom stereocenters. The first-order valence-corrected chi connectivity index (χ1v) is 7.12. The molecule has 0 aromatic carbocycles. The normalized spacial score (nSPS) is 19.7. The average molecular weight is 291 g/mol. The second kappa shape index (κ2) is 5.81. The minimum absolute atomic E-state index is 0.0582. The molecule has 0 aliphatic carbocycles. The van der Waals surface area contributed by atoms with Crippen LogP contribution in [0, 0.1) is 13.8 Å². The highest BCUT2D eigenvalue weighted by Crippen LogP contribution is 2.17. The van der Waals surface area contributed by atoms with E-state index in [1.165, 1.54) is 0 Å². The largest absolute Gasteiger partial charge is 0.349 e. The lowest BCUT2D eigenvalue weighted by molar-refractivity contribution is -0.139. The second-order valence-electron chi connectivity index (χ2n) is 5.45. The number of amides is 2. The molecule has 1 aromatic rings. The summed E-state index contributed by atoms with van der Waals surface area (Å²) in [6.07, 6.45) is 0. The minimum atomic E-state index is -0.471.